The van der Waals surface area contributed by atoms with Gasteiger partial charge in [0.25, 0.3) is 0 Å². The summed E-state index contributed by atoms with van der Waals surface area (Å²) in [5.41, 5.74) is 5.99. The zero-order chi connectivity index (χ0) is 15.9. The van der Waals surface area contributed by atoms with E-state index in [0.29, 0.717) is 0 Å². The Bertz CT molecular complexity index is 807. The molecule has 3 aromatic rings. The molecule has 5 heteroatoms. The minimum absolute atomic E-state index is 0.939. The molecule has 0 unspecified atom stereocenters. The molecule has 22 heavy (non-hydrogen) atoms. The van der Waals surface area contributed by atoms with Gasteiger partial charge < -0.3 is 5.32 Å². The highest BCUT2D eigenvalue weighted by atomic mass is 32.1. The van der Waals surface area contributed by atoms with Gasteiger partial charge in [0.2, 0.25) is 0 Å². The van der Waals surface area contributed by atoms with E-state index in [9.17, 15) is 0 Å². The molecule has 0 aliphatic rings. The SMILES string of the molecule is Cc1cc(C)c(Nc2nc(-c3cnc(C)s3)c(C)s2)c(C)c1. The van der Waals surface area contributed by atoms with Crippen LogP contribution in [0.15, 0.2) is 18.3 Å². The van der Waals surface area contributed by atoms with Crippen molar-refractivity contribution < 1.29 is 0 Å². The highest BCUT2D eigenvalue weighted by Crippen LogP contribution is 2.35. The summed E-state index contributed by atoms with van der Waals surface area (Å²) in [4.78, 5) is 11.5. The first-order valence-electron chi connectivity index (χ1n) is 7.19. The Morgan fingerprint density at radius 2 is 1.64 bits per heavy atom. The van der Waals surface area contributed by atoms with Crippen molar-refractivity contribution >= 4 is 33.5 Å². The molecule has 0 radical (unpaired) electrons. The number of benzene rings is 1. The summed E-state index contributed by atoms with van der Waals surface area (Å²) in [6.07, 6.45) is 1.91. The van der Waals surface area contributed by atoms with E-state index in [1.54, 1.807) is 22.7 Å². The van der Waals surface area contributed by atoms with Crippen molar-refractivity contribution in [2.75, 3.05) is 5.32 Å². The van der Waals surface area contributed by atoms with E-state index in [0.717, 1.165) is 26.4 Å². The molecule has 1 aromatic carbocycles. The number of hydrogen-bond acceptors (Lipinski definition) is 5. The molecule has 2 aromatic heterocycles. The van der Waals surface area contributed by atoms with Gasteiger partial charge in [-0.1, -0.05) is 17.7 Å². The summed E-state index contributed by atoms with van der Waals surface area (Å²) < 4.78 is 0. The average molecular weight is 329 g/mol. The van der Waals surface area contributed by atoms with E-state index in [1.165, 1.54) is 21.6 Å². The van der Waals surface area contributed by atoms with Gasteiger partial charge in [-0.25, -0.2) is 9.97 Å². The topological polar surface area (TPSA) is 37.8 Å². The summed E-state index contributed by atoms with van der Waals surface area (Å²) in [5.74, 6) is 0. The zero-order valence-electron chi connectivity index (χ0n) is 13.4. The van der Waals surface area contributed by atoms with Crippen molar-refractivity contribution in [3.05, 3.63) is 44.9 Å². The summed E-state index contributed by atoms with van der Waals surface area (Å²) >= 11 is 3.38. The lowest BCUT2D eigenvalue weighted by molar-refractivity contribution is 1.28. The second-order valence-electron chi connectivity index (χ2n) is 5.57. The van der Waals surface area contributed by atoms with Gasteiger partial charge in [0.05, 0.1) is 15.6 Å². The Morgan fingerprint density at radius 3 is 2.23 bits per heavy atom. The largest absolute Gasteiger partial charge is 0.331 e. The highest BCUT2D eigenvalue weighted by molar-refractivity contribution is 7.17. The number of thiazole rings is 2. The molecule has 0 atom stereocenters. The van der Waals surface area contributed by atoms with Crippen molar-refractivity contribution in [2.24, 2.45) is 0 Å². The number of hydrogen-bond donors (Lipinski definition) is 1. The van der Waals surface area contributed by atoms with Gasteiger partial charge in [-0.2, -0.15) is 0 Å². The van der Waals surface area contributed by atoms with E-state index in [-0.39, 0.29) is 0 Å². The molecule has 0 spiro atoms. The van der Waals surface area contributed by atoms with E-state index < -0.39 is 0 Å². The maximum Gasteiger partial charge on any atom is 0.188 e. The Hall–Kier alpha value is -1.72. The van der Waals surface area contributed by atoms with Crippen LogP contribution in [0.4, 0.5) is 10.8 Å². The molecule has 0 bridgehead atoms. The molecule has 1 N–H and O–H groups in total. The third kappa shape index (κ3) is 2.91. The van der Waals surface area contributed by atoms with E-state index in [4.69, 9.17) is 4.98 Å². The molecule has 0 saturated heterocycles. The minimum atomic E-state index is 0.939. The highest BCUT2D eigenvalue weighted by Gasteiger charge is 2.13. The van der Waals surface area contributed by atoms with Gasteiger partial charge in [0.15, 0.2) is 5.13 Å². The molecule has 114 valence electrons. The lowest BCUT2D eigenvalue weighted by Gasteiger charge is -2.11. The maximum absolute atomic E-state index is 4.77. The fourth-order valence-corrected chi connectivity index (χ4v) is 4.35. The summed E-state index contributed by atoms with van der Waals surface area (Å²) in [6.45, 7) is 10.5. The van der Waals surface area contributed by atoms with Crippen LogP contribution in [0.25, 0.3) is 10.6 Å². The normalized spacial score (nSPS) is 11.0. The molecular formula is C17H19N3S2. The van der Waals surface area contributed by atoms with E-state index >= 15 is 0 Å². The minimum Gasteiger partial charge on any atom is -0.331 e. The smallest absolute Gasteiger partial charge is 0.188 e. The van der Waals surface area contributed by atoms with E-state index in [2.05, 4.69) is 50.1 Å². The van der Waals surface area contributed by atoms with Crippen LogP contribution >= 0.6 is 22.7 Å². The van der Waals surface area contributed by atoms with Crippen LogP contribution in [0.3, 0.4) is 0 Å². The first kappa shape index (κ1) is 15.2. The quantitative estimate of drug-likeness (QED) is 0.684. The van der Waals surface area contributed by atoms with Crippen LogP contribution in [-0.4, -0.2) is 9.97 Å². The standard InChI is InChI=1S/C17H19N3S2/c1-9-6-10(2)15(11(3)7-9)19-17-20-16(12(4)21-17)14-8-18-13(5)22-14/h6-8H,1-5H3,(H,19,20). The van der Waals surface area contributed by atoms with Crippen LogP contribution in [0.5, 0.6) is 0 Å². The van der Waals surface area contributed by atoms with Crippen molar-refractivity contribution in [2.45, 2.75) is 34.6 Å². The van der Waals surface area contributed by atoms with Crippen molar-refractivity contribution in [1.29, 1.82) is 0 Å². The first-order valence-corrected chi connectivity index (χ1v) is 8.82. The lowest BCUT2D eigenvalue weighted by Crippen LogP contribution is -1.96. The van der Waals surface area contributed by atoms with Gasteiger partial charge >= 0.3 is 0 Å². The predicted molar refractivity (Wildman–Crippen MR) is 96.6 cm³/mol. The fourth-order valence-electron chi connectivity index (χ4n) is 2.63. The second-order valence-corrected chi connectivity index (χ2v) is 8.00. The average Bonchev–Trinajstić information content (AvgIpc) is 3.00. The Balaban J connectivity index is 1.95. The Morgan fingerprint density at radius 1 is 0.955 bits per heavy atom. The van der Waals surface area contributed by atoms with Crippen LogP contribution in [0, 0.1) is 34.6 Å². The van der Waals surface area contributed by atoms with Crippen molar-refractivity contribution in [3.8, 4) is 10.6 Å². The number of aromatic nitrogens is 2. The molecule has 0 aliphatic heterocycles. The number of nitrogens with zero attached hydrogens (tertiary/aromatic N) is 2. The predicted octanol–water partition coefficient (Wildman–Crippen LogP) is 5.55. The van der Waals surface area contributed by atoms with Crippen molar-refractivity contribution in [3.63, 3.8) is 0 Å². The van der Waals surface area contributed by atoms with Crippen LogP contribution in [0.2, 0.25) is 0 Å². The van der Waals surface area contributed by atoms with Crippen LogP contribution < -0.4 is 5.32 Å². The molecular weight excluding hydrogens is 310 g/mol. The number of nitrogens with one attached hydrogen (secondary N) is 1. The third-order valence-corrected chi connectivity index (χ3v) is 5.37. The molecule has 3 nitrogen and oxygen atoms in total. The van der Waals surface area contributed by atoms with Gasteiger partial charge in [-0.3, -0.25) is 0 Å². The molecule has 2 heterocycles. The monoisotopic (exact) mass is 329 g/mol. The summed E-state index contributed by atoms with van der Waals surface area (Å²) in [5, 5.41) is 5.51. The Kier molecular flexibility index (Phi) is 4.02. The first-order chi connectivity index (χ1) is 10.4. The van der Waals surface area contributed by atoms with Crippen molar-refractivity contribution in [1.82, 2.24) is 9.97 Å². The number of anilines is 2. The van der Waals surface area contributed by atoms with Gasteiger partial charge in [-0.05, 0) is 45.7 Å². The van der Waals surface area contributed by atoms with E-state index in [1.807, 2.05) is 13.1 Å². The lowest BCUT2D eigenvalue weighted by atomic mass is 10.1. The molecule has 3 rings (SSSR count). The summed E-state index contributed by atoms with van der Waals surface area (Å²) in [6, 6.07) is 4.40. The van der Waals surface area contributed by atoms with Gasteiger partial charge in [-0.15, -0.1) is 22.7 Å². The number of rotatable bonds is 3. The second kappa shape index (κ2) is 5.82. The van der Waals surface area contributed by atoms with Gasteiger partial charge in [0.1, 0.15) is 0 Å². The number of aryl methyl sites for hydroxylation is 5. The third-order valence-electron chi connectivity index (χ3n) is 3.56. The van der Waals surface area contributed by atoms with Crippen LogP contribution in [-0.2, 0) is 0 Å². The Labute approximate surface area is 139 Å². The molecule has 0 amide bonds. The zero-order valence-corrected chi connectivity index (χ0v) is 15.1. The molecule has 0 aliphatic carbocycles. The summed E-state index contributed by atoms with van der Waals surface area (Å²) in [7, 11) is 0. The molecule has 0 saturated carbocycles. The van der Waals surface area contributed by atoms with Crippen LogP contribution in [0.1, 0.15) is 26.6 Å². The maximum atomic E-state index is 4.77. The molecule has 0 fully saturated rings. The van der Waals surface area contributed by atoms with Gasteiger partial charge in [0, 0.05) is 16.8 Å². The fraction of sp³-hybridized carbons (Fsp3) is 0.294.